The van der Waals surface area contributed by atoms with Crippen LogP contribution in [0, 0.1) is 16.7 Å². The van der Waals surface area contributed by atoms with Crippen molar-refractivity contribution in [2.24, 2.45) is 16.7 Å². The maximum atomic E-state index is 13.0. The number of unbranched alkanes of at least 4 members (excludes halogenated alkanes) is 4. The number of hydrogen-bond acceptors (Lipinski definition) is 6. The Hall–Kier alpha value is -2.00. The van der Waals surface area contributed by atoms with Crippen molar-refractivity contribution in [3.05, 3.63) is 23.4 Å². The predicted molar refractivity (Wildman–Crippen MR) is 139 cm³/mol. The van der Waals surface area contributed by atoms with Crippen LogP contribution in [0.1, 0.15) is 89.3 Å². The first-order valence-electron chi connectivity index (χ1n) is 13.5. The maximum Gasteiger partial charge on any atom is 0.321 e. The summed E-state index contributed by atoms with van der Waals surface area (Å²) in [4.78, 5) is 29.2. The molecule has 4 rings (SSSR count). The van der Waals surface area contributed by atoms with Gasteiger partial charge >= 0.3 is 5.97 Å². The summed E-state index contributed by atoms with van der Waals surface area (Å²) in [6.45, 7) is 4.95. The fourth-order valence-electron chi connectivity index (χ4n) is 6.62. The molecule has 0 amide bonds. The number of sulfonamides is 1. The average molecular weight is 520 g/mol. The van der Waals surface area contributed by atoms with Crippen LogP contribution in [0.3, 0.4) is 0 Å². The predicted octanol–water partition coefficient (Wildman–Crippen LogP) is 4.09. The van der Waals surface area contributed by atoms with E-state index in [2.05, 4.69) is 22.2 Å². The second kappa shape index (κ2) is 10.8. The third kappa shape index (κ3) is 5.62. The molecule has 8 nitrogen and oxygen atoms in total. The van der Waals surface area contributed by atoms with Crippen LogP contribution in [0.5, 0.6) is 0 Å². The number of carbonyl (C=O) groups excluding carboxylic acids is 1. The van der Waals surface area contributed by atoms with E-state index >= 15 is 0 Å². The first kappa shape index (κ1) is 27.0. The van der Waals surface area contributed by atoms with Crippen molar-refractivity contribution >= 4 is 27.6 Å². The fourth-order valence-corrected chi connectivity index (χ4v) is 8.68. The normalized spacial score (nSPS) is 25.4. The van der Waals surface area contributed by atoms with Gasteiger partial charge in [0.15, 0.2) is 0 Å². The van der Waals surface area contributed by atoms with E-state index in [1.165, 1.54) is 5.56 Å². The van der Waals surface area contributed by atoms with Gasteiger partial charge in [0.2, 0.25) is 10.0 Å². The number of aromatic nitrogens is 1. The fraction of sp³-hybridized carbons (Fsp3) is 0.741. The molecule has 2 aliphatic carbocycles. The molecule has 3 atom stereocenters. The Morgan fingerprint density at radius 3 is 2.67 bits per heavy atom. The summed E-state index contributed by atoms with van der Waals surface area (Å²) in [6, 6.07) is 3.13. The van der Waals surface area contributed by atoms with Gasteiger partial charge in [0.1, 0.15) is 17.6 Å². The molecule has 36 heavy (non-hydrogen) atoms. The summed E-state index contributed by atoms with van der Waals surface area (Å²) in [5.41, 5.74) is 1.12. The van der Waals surface area contributed by atoms with Gasteiger partial charge in [-0.05, 0) is 67.9 Å². The van der Waals surface area contributed by atoms with Crippen molar-refractivity contribution in [3.8, 4) is 0 Å². The quantitative estimate of drug-likeness (QED) is 0.335. The monoisotopic (exact) mass is 519 g/mol. The highest BCUT2D eigenvalue weighted by molar-refractivity contribution is 7.89. The molecule has 1 aliphatic heterocycles. The van der Waals surface area contributed by atoms with Crippen LogP contribution in [-0.4, -0.2) is 48.6 Å². The minimum Gasteiger partial charge on any atom is -0.480 e. The molecule has 0 radical (unpaired) electrons. The van der Waals surface area contributed by atoms with Crippen LogP contribution in [0.4, 0.5) is 5.82 Å². The van der Waals surface area contributed by atoms with Gasteiger partial charge < -0.3 is 10.4 Å². The highest BCUT2D eigenvalue weighted by Crippen LogP contribution is 2.64. The zero-order valence-corrected chi connectivity index (χ0v) is 22.5. The van der Waals surface area contributed by atoms with E-state index in [4.69, 9.17) is 4.98 Å². The third-order valence-corrected chi connectivity index (χ3v) is 10.6. The van der Waals surface area contributed by atoms with E-state index in [9.17, 15) is 23.1 Å². The van der Waals surface area contributed by atoms with Crippen molar-refractivity contribution in [2.75, 3.05) is 17.6 Å². The third-order valence-electron chi connectivity index (χ3n) is 9.07. The van der Waals surface area contributed by atoms with Gasteiger partial charge in [0.25, 0.3) is 0 Å². The summed E-state index contributed by atoms with van der Waals surface area (Å²) >= 11 is 0. The first-order chi connectivity index (χ1) is 17.0. The Morgan fingerprint density at radius 2 is 1.97 bits per heavy atom. The molecule has 0 aromatic carbocycles. The molecule has 3 unspecified atom stereocenters. The molecule has 1 aromatic rings. The number of aliphatic carboxylic acids is 1. The summed E-state index contributed by atoms with van der Waals surface area (Å²) in [6.07, 6.45) is 9.77. The highest BCUT2D eigenvalue weighted by Gasteiger charge is 2.65. The number of pyridine rings is 1. The minimum absolute atomic E-state index is 0.0165. The summed E-state index contributed by atoms with van der Waals surface area (Å²) in [7, 11) is -3.91. The Bertz CT molecular complexity index is 1090. The lowest BCUT2D eigenvalue weighted by atomic mass is 9.70. The molecule has 3 aliphatic rings. The molecule has 1 aromatic heterocycles. The molecule has 2 bridgehead atoms. The average Bonchev–Trinajstić information content (AvgIpc) is 3.16. The number of nitrogens with zero attached hydrogens (tertiary/aromatic N) is 1. The SMILES string of the molecule is CC1(C)C2CCC1(CS(=O)(=O)NC(CCCCCCCc1ccc3c(n1)NCCC3)C(=O)O)C(=O)C2. The topological polar surface area (TPSA) is 125 Å². The molecule has 3 N–H and O–H groups in total. The molecule has 0 spiro atoms. The van der Waals surface area contributed by atoms with E-state index in [1.54, 1.807) is 0 Å². The van der Waals surface area contributed by atoms with E-state index in [-0.39, 0.29) is 29.3 Å². The number of carboxylic acids is 1. The number of ketones is 1. The number of aryl methyl sites for hydroxylation is 2. The lowest BCUT2D eigenvalue weighted by Crippen LogP contribution is -2.49. The Labute approximate surface area is 215 Å². The van der Waals surface area contributed by atoms with Crippen LogP contribution in [0.15, 0.2) is 12.1 Å². The van der Waals surface area contributed by atoms with E-state index in [0.717, 1.165) is 69.4 Å². The molecule has 2 fully saturated rings. The number of fused-ring (bicyclic) bond motifs is 3. The van der Waals surface area contributed by atoms with Crippen LogP contribution in [-0.2, 0) is 32.5 Å². The number of anilines is 1. The smallest absolute Gasteiger partial charge is 0.321 e. The molecule has 2 saturated carbocycles. The molecule has 0 saturated heterocycles. The van der Waals surface area contributed by atoms with Crippen LogP contribution >= 0.6 is 0 Å². The summed E-state index contributed by atoms with van der Waals surface area (Å²) < 4.78 is 28.4. The first-order valence-corrected chi connectivity index (χ1v) is 15.2. The Kier molecular flexibility index (Phi) is 8.10. The largest absolute Gasteiger partial charge is 0.480 e. The number of carboxylic acid groups (broad SMARTS) is 1. The number of nitrogens with one attached hydrogen (secondary N) is 2. The van der Waals surface area contributed by atoms with Crippen molar-refractivity contribution in [3.63, 3.8) is 0 Å². The van der Waals surface area contributed by atoms with Crippen LogP contribution < -0.4 is 10.0 Å². The van der Waals surface area contributed by atoms with Gasteiger partial charge in [-0.25, -0.2) is 18.1 Å². The van der Waals surface area contributed by atoms with Gasteiger partial charge in [-0.2, -0.15) is 0 Å². The number of Topliss-reactive ketones (excluding diaryl/α,β-unsaturated/α-hetero) is 1. The Morgan fingerprint density at radius 1 is 1.22 bits per heavy atom. The van der Waals surface area contributed by atoms with Crippen LogP contribution in [0.25, 0.3) is 0 Å². The molecule has 200 valence electrons. The Balaban J connectivity index is 1.19. The van der Waals surface area contributed by atoms with Crippen molar-refractivity contribution in [2.45, 2.75) is 96.9 Å². The van der Waals surface area contributed by atoms with Crippen molar-refractivity contribution in [1.82, 2.24) is 9.71 Å². The second-order valence-corrected chi connectivity index (χ2v) is 13.3. The molecule has 2 heterocycles. The van der Waals surface area contributed by atoms with Gasteiger partial charge in [-0.3, -0.25) is 9.59 Å². The van der Waals surface area contributed by atoms with Crippen LogP contribution in [0.2, 0.25) is 0 Å². The maximum absolute atomic E-state index is 13.0. The zero-order valence-electron chi connectivity index (χ0n) is 21.6. The van der Waals surface area contributed by atoms with E-state index in [1.807, 2.05) is 13.8 Å². The number of carbonyl (C=O) groups is 2. The van der Waals surface area contributed by atoms with Gasteiger partial charge in [0, 0.05) is 24.1 Å². The van der Waals surface area contributed by atoms with Gasteiger partial charge in [-0.1, -0.05) is 45.6 Å². The van der Waals surface area contributed by atoms with Crippen molar-refractivity contribution in [1.29, 1.82) is 0 Å². The number of hydrogen-bond donors (Lipinski definition) is 3. The molecular formula is C27H41N3O5S. The lowest BCUT2D eigenvalue weighted by molar-refractivity contribution is -0.139. The zero-order chi connectivity index (χ0) is 26.0. The van der Waals surface area contributed by atoms with E-state index < -0.39 is 27.4 Å². The second-order valence-electron chi connectivity index (χ2n) is 11.6. The number of rotatable bonds is 13. The standard InChI is InChI=1S/C27H41N3O5S/c1-26(2)20-14-15-27(26,23(31)17-20)18-36(34,35)30-22(25(32)33)11-7-5-3-4-6-10-21-13-12-19-9-8-16-28-24(19)29-21/h12-13,20,22,30H,3-11,14-18H2,1-2H3,(H,28,29)(H,32,33). The molecule has 9 heteroatoms. The molecular weight excluding hydrogens is 478 g/mol. The van der Waals surface area contributed by atoms with E-state index in [0.29, 0.717) is 19.3 Å². The summed E-state index contributed by atoms with van der Waals surface area (Å²) in [5, 5.41) is 13.0. The highest BCUT2D eigenvalue weighted by atomic mass is 32.2. The van der Waals surface area contributed by atoms with Gasteiger partial charge in [-0.15, -0.1) is 0 Å². The van der Waals surface area contributed by atoms with Gasteiger partial charge in [0.05, 0.1) is 5.75 Å². The lowest BCUT2D eigenvalue weighted by Gasteiger charge is -2.36. The summed E-state index contributed by atoms with van der Waals surface area (Å²) in [5.74, 6) is -0.213. The minimum atomic E-state index is -3.91. The van der Waals surface area contributed by atoms with Crippen molar-refractivity contribution < 1.29 is 23.1 Å².